The predicted octanol–water partition coefficient (Wildman–Crippen LogP) is 2.55. The molecule has 6 nitrogen and oxygen atoms in total. The zero-order valence-corrected chi connectivity index (χ0v) is 25.5. The molecule has 1 aliphatic rings. The number of nitrogens with one attached hydrogen (secondary N) is 1. The smallest absolute Gasteiger partial charge is 0.548 e. The fourth-order valence-corrected chi connectivity index (χ4v) is 5.72. The fourth-order valence-electron chi connectivity index (χ4n) is 5.25. The molecule has 0 saturated heterocycles. The van der Waals surface area contributed by atoms with Crippen LogP contribution in [-0.2, 0) is 20.9 Å². The Hall–Kier alpha value is -1.75. The first kappa shape index (κ1) is 34.4. The van der Waals surface area contributed by atoms with Gasteiger partial charge in [-0.2, -0.15) is 11.8 Å². The van der Waals surface area contributed by atoms with Crippen LogP contribution in [-0.4, -0.2) is 49.2 Å². The van der Waals surface area contributed by atoms with Crippen LogP contribution in [0.5, 0.6) is 0 Å². The molecule has 2 aromatic carbocycles. The van der Waals surface area contributed by atoms with Crippen LogP contribution in [0.25, 0.3) is 11.1 Å². The molecule has 1 aliphatic carbocycles. The monoisotopic (exact) mass is 561 g/mol. The van der Waals surface area contributed by atoms with Gasteiger partial charge in [-0.25, -0.2) is 0 Å². The third kappa shape index (κ3) is 10.9. The number of amides is 1. The minimum atomic E-state index is -1.27. The summed E-state index contributed by atoms with van der Waals surface area (Å²) in [6, 6.07) is 12.5. The summed E-state index contributed by atoms with van der Waals surface area (Å²) >= 11 is 1.53. The number of ether oxygens (including phenoxy) is 2. The second kappa shape index (κ2) is 18.6. The summed E-state index contributed by atoms with van der Waals surface area (Å²) in [6.07, 6.45) is 10.7. The van der Waals surface area contributed by atoms with Crippen molar-refractivity contribution in [2.45, 2.75) is 84.0 Å². The molecule has 0 aliphatic heterocycles. The normalized spacial score (nSPS) is 15.2. The van der Waals surface area contributed by atoms with Crippen LogP contribution in [0.1, 0.15) is 79.8 Å². The van der Waals surface area contributed by atoms with Crippen molar-refractivity contribution in [3.8, 4) is 11.1 Å². The molecule has 1 fully saturated rings. The number of thioether (sulfide) groups is 1. The zero-order valence-electron chi connectivity index (χ0n) is 24.7. The van der Waals surface area contributed by atoms with Gasteiger partial charge in [0.1, 0.15) is 0 Å². The second-order valence-electron chi connectivity index (χ2n) is 10.6. The van der Waals surface area contributed by atoms with Crippen molar-refractivity contribution in [2.24, 2.45) is 5.92 Å². The van der Waals surface area contributed by atoms with Gasteiger partial charge in [0, 0.05) is 12.2 Å². The Balaban J connectivity index is 0.00000560. The quantitative estimate of drug-likeness (QED) is 0.250. The Kier molecular flexibility index (Phi) is 16.0. The maximum absolute atomic E-state index is 13.3. The molecule has 214 valence electrons. The average Bonchev–Trinajstić information content (AvgIpc) is 2.94. The van der Waals surface area contributed by atoms with Crippen LogP contribution in [0, 0.1) is 12.8 Å². The number of aryl methyl sites for hydroxylation is 1. The van der Waals surface area contributed by atoms with Gasteiger partial charge >= 0.3 is 18.9 Å². The molecule has 1 saturated carbocycles. The van der Waals surface area contributed by atoms with E-state index in [4.69, 9.17) is 9.47 Å². The minimum Gasteiger partial charge on any atom is -0.548 e. The molecule has 0 spiro atoms. The summed E-state index contributed by atoms with van der Waals surface area (Å²) in [5.74, 6) is -0.386. The number of carbonyl (C=O) groups is 2. The molecule has 40 heavy (non-hydrogen) atoms. The number of hydrogen-bond donors (Lipinski definition) is 1. The molecule has 0 radical (unpaired) electrons. The van der Waals surface area contributed by atoms with Crippen LogP contribution in [0.4, 0.5) is 0 Å². The Morgan fingerprint density at radius 1 is 1.10 bits per heavy atom. The molecule has 0 bridgehead atoms. The predicted molar refractivity (Wildman–Crippen MR) is 157 cm³/mol. The largest absolute Gasteiger partial charge is 1.00 e. The fraction of sp³-hybridized carbons (Fsp3) is 0.562. The molecular weight excluding hydrogens is 517 g/mol. The van der Waals surface area contributed by atoms with Crippen molar-refractivity contribution in [2.75, 3.05) is 25.2 Å². The van der Waals surface area contributed by atoms with Gasteiger partial charge in [0.2, 0.25) is 0 Å². The number of hydrogen-bond acceptors (Lipinski definition) is 6. The summed E-state index contributed by atoms with van der Waals surface area (Å²) in [6.45, 7) is 5.86. The summed E-state index contributed by atoms with van der Waals surface area (Å²) in [4.78, 5) is 25.0. The standard InChI is InChI=1S/C32H45NO5S.Li/c1-4-17-37-22-26(19-24-11-6-5-7-12-24)38-21-25-14-15-28(29(20-25)27-13-9-8-10-23(27)2)31(34)33-30(32(35)36)16-18-39-3;/h8-10,13-15,20,24,26,30H,4-7,11-12,16-19,21-22H2,1-3H3,(H,33,34)(H,35,36);/q;+1/p-1/t26?,30-;/m0./s1. The number of carbonyl (C=O) groups excluding carboxylic acids is 2. The van der Waals surface area contributed by atoms with Crippen molar-refractivity contribution in [1.29, 1.82) is 0 Å². The van der Waals surface area contributed by atoms with E-state index < -0.39 is 17.9 Å². The topological polar surface area (TPSA) is 87.7 Å². The van der Waals surface area contributed by atoms with Crippen molar-refractivity contribution >= 4 is 23.6 Å². The van der Waals surface area contributed by atoms with Gasteiger partial charge in [-0.05, 0) is 78.5 Å². The number of carboxylic acid groups (broad SMARTS) is 1. The van der Waals surface area contributed by atoms with Crippen molar-refractivity contribution in [3.63, 3.8) is 0 Å². The van der Waals surface area contributed by atoms with Crippen molar-refractivity contribution in [3.05, 3.63) is 59.2 Å². The maximum Gasteiger partial charge on any atom is 1.00 e. The summed E-state index contributed by atoms with van der Waals surface area (Å²) in [5, 5.41) is 14.3. The number of carboxylic acids is 1. The van der Waals surface area contributed by atoms with Gasteiger partial charge in [-0.1, -0.05) is 69.4 Å². The SMILES string of the molecule is CCCOCC(CC1CCCCC1)OCc1ccc(C(=O)N[C@@H](CCSC)C(=O)[O-])c(-c2ccccc2C)c1.[Li+]. The molecule has 2 atom stereocenters. The molecule has 1 unspecified atom stereocenters. The molecule has 0 aromatic heterocycles. The molecule has 8 heteroatoms. The second-order valence-corrected chi connectivity index (χ2v) is 11.6. The van der Waals surface area contributed by atoms with Gasteiger partial charge in [0.05, 0.1) is 31.3 Å². The van der Waals surface area contributed by atoms with E-state index in [0.29, 0.717) is 36.9 Å². The Morgan fingerprint density at radius 3 is 2.52 bits per heavy atom. The Morgan fingerprint density at radius 2 is 1.85 bits per heavy atom. The van der Waals surface area contributed by atoms with Gasteiger partial charge < -0.3 is 24.7 Å². The van der Waals surface area contributed by atoms with E-state index in [1.54, 1.807) is 6.07 Å². The average molecular weight is 562 g/mol. The van der Waals surface area contributed by atoms with E-state index in [1.807, 2.05) is 49.6 Å². The molecule has 1 amide bonds. The van der Waals surface area contributed by atoms with Crippen LogP contribution in [0.3, 0.4) is 0 Å². The maximum atomic E-state index is 13.3. The van der Waals surface area contributed by atoms with Crippen molar-refractivity contribution in [1.82, 2.24) is 5.32 Å². The number of rotatable bonds is 16. The minimum absolute atomic E-state index is 0. The van der Waals surface area contributed by atoms with E-state index in [1.165, 1.54) is 43.9 Å². The van der Waals surface area contributed by atoms with E-state index in [2.05, 4.69) is 12.2 Å². The van der Waals surface area contributed by atoms with Gasteiger partial charge in [0.15, 0.2) is 0 Å². The van der Waals surface area contributed by atoms with Crippen molar-refractivity contribution < 1.29 is 43.0 Å². The number of aliphatic carboxylic acids is 1. The Bertz CT molecular complexity index is 1060. The van der Waals surface area contributed by atoms with Crippen LogP contribution in [0.15, 0.2) is 42.5 Å². The van der Waals surface area contributed by atoms with E-state index in [-0.39, 0.29) is 25.0 Å². The van der Waals surface area contributed by atoms with E-state index >= 15 is 0 Å². The Labute approximate surface area is 256 Å². The summed E-state index contributed by atoms with van der Waals surface area (Å²) in [7, 11) is 0. The molecule has 3 rings (SSSR count). The van der Waals surface area contributed by atoms with E-state index in [9.17, 15) is 14.7 Å². The van der Waals surface area contributed by atoms with Crippen LogP contribution >= 0.6 is 11.8 Å². The van der Waals surface area contributed by atoms with Gasteiger partial charge in [0.25, 0.3) is 5.91 Å². The van der Waals surface area contributed by atoms with Crippen LogP contribution in [0.2, 0.25) is 0 Å². The third-order valence-corrected chi connectivity index (χ3v) is 8.07. The van der Waals surface area contributed by atoms with Gasteiger partial charge in [-0.3, -0.25) is 4.79 Å². The molecular formula is C32H44LiNO5S. The first-order valence-corrected chi connectivity index (χ1v) is 15.7. The molecule has 2 aromatic rings. The van der Waals surface area contributed by atoms with Gasteiger partial charge in [-0.15, -0.1) is 0 Å². The first-order chi connectivity index (χ1) is 18.9. The number of benzene rings is 2. The molecule has 0 heterocycles. The summed E-state index contributed by atoms with van der Waals surface area (Å²) in [5.41, 5.74) is 4.14. The molecule has 1 N–H and O–H groups in total. The first-order valence-electron chi connectivity index (χ1n) is 14.3. The third-order valence-electron chi connectivity index (χ3n) is 7.42. The summed E-state index contributed by atoms with van der Waals surface area (Å²) < 4.78 is 12.3. The van der Waals surface area contributed by atoms with Crippen LogP contribution < -0.4 is 29.3 Å². The van der Waals surface area contributed by atoms with E-state index in [0.717, 1.165) is 41.7 Å². The zero-order chi connectivity index (χ0) is 28.0.